The van der Waals surface area contributed by atoms with E-state index in [0.29, 0.717) is 25.0 Å². The standard InChI is InChI=1S/C17H16F3NO2.C5H3F3N2O2.C2H6/c1-16(9-23-10-16)13-4-2-11(3-5-13)14-7-21-15(17(18,19)20)6-12(14)8-22;6-5(7,8)3-1-9-4(12-3)10-2-11;1-2/h2-7,22H,8-10H2,1H3;1-2H,(H,9,10,11);1-2H3. The molecule has 4 rings (SSSR count). The summed E-state index contributed by atoms with van der Waals surface area (Å²) >= 11 is 0. The number of ether oxygens (including phenoxy) is 1. The van der Waals surface area contributed by atoms with Crippen LogP contribution in [0.5, 0.6) is 0 Å². The van der Waals surface area contributed by atoms with Crippen molar-refractivity contribution in [3.63, 3.8) is 0 Å². The molecule has 1 aromatic carbocycles. The lowest BCUT2D eigenvalue weighted by Crippen LogP contribution is -2.43. The summed E-state index contributed by atoms with van der Waals surface area (Å²) in [5.74, 6) is -1.24. The zero-order valence-electron chi connectivity index (χ0n) is 20.1. The molecule has 1 saturated heterocycles. The van der Waals surface area contributed by atoms with Crippen molar-refractivity contribution < 1.29 is 45.4 Å². The average molecular weight is 533 g/mol. The van der Waals surface area contributed by atoms with Gasteiger partial charge in [-0.2, -0.15) is 26.3 Å². The van der Waals surface area contributed by atoms with Crippen LogP contribution in [0.3, 0.4) is 0 Å². The van der Waals surface area contributed by atoms with Crippen LogP contribution in [0.4, 0.5) is 32.4 Å². The average Bonchev–Trinajstić information content (AvgIpc) is 3.33. The maximum absolute atomic E-state index is 12.7. The summed E-state index contributed by atoms with van der Waals surface area (Å²) < 4.78 is 82.9. The molecule has 2 aromatic heterocycles. The Morgan fingerprint density at radius 1 is 1.03 bits per heavy atom. The summed E-state index contributed by atoms with van der Waals surface area (Å²) in [6.45, 7) is 6.95. The highest BCUT2D eigenvalue weighted by molar-refractivity contribution is 5.67. The number of alkyl halides is 6. The van der Waals surface area contributed by atoms with E-state index in [-0.39, 0.29) is 17.4 Å². The summed E-state index contributed by atoms with van der Waals surface area (Å²) in [5, 5.41) is 11.2. The van der Waals surface area contributed by atoms with Crippen molar-refractivity contribution in [2.24, 2.45) is 0 Å². The monoisotopic (exact) mass is 533 g/mol. The van der Waals surface area contributed by atoms with E-state index >= 15 is 0 Å². The lowest BCUT2D eigenvalue weighted by Gasteiger charge is -2.38. The maximum Gasteiger partial charge on any atom is 0.451 e. The number of hydrogen-bond acceptors (Lipinski definition) is 6. The van der Waals surface area contributed by atoms with Crippen LogP contribution in [-0.2, 0) is 33.9 Å². The Balaban J connectivity index is 0.000000291. The number of nitrogens with zero attached hydrogens (tertiary/aromatic N) is 2. The van der Waals surface area contributed by atoms with Gasteiger partial charge in [-0.25, -0.2) is 4.98 Å². The molecule has 1 fully saturated rings. The zero-order valence-corrected chi connectivity index (χ0v) is 20.1. The molecule has 2 N–H and O–H groups in total. The van der Waals surface area contributed by atoms with E-state index in [0.717, 1.165) is 23.4 Å². The number of nitrogens with one attached hydrogen (secondary N) is 1. The number of pyridine rings is 1. The second-order valence-corrected chi connectivity index (χ2v) is 7.80. The Hall–Kier alpha value is -3.45. The second kappa shape index (κ2) is 12.2. The zero-order chi connectivity index (χ0) is 27.9. The third kappa shape index (κ3) is 7.52. The third-order valence-electron chi connectivity index (χ3n) is 5.15. The van der Waals surface area contributed by atoms with Crippen LogP contribution in [0.15, 0.2) is 47.1 Å². The van der Waals surface area contributed by atoms with Gasteiger partial charge in [0.2, 0.25) is 12.2 Å². The van der Waals surface area contributed by atoms with Crippen molar-refractivity contribution in [2.45, 2.75) is 45.1 Å². The highest BCUT2D eigenvalue weighted by atomic mass is 19.4. The first kappa shape index (κ1) is 29.8. The molecule has 0 saturated carbocycles. The van der Waals surface area contributed by atoms with E-state index in [2.05, 4.69) is 21.3 Å². The van der Waals surface area contributed by atoms with Crippen LogP contribution in [0.2, 0.25) is 0 Å². The Labute approximate surface area is 208 Å². The quantitative estimate of drug-likeness (QED) is 0.316. The summed E-state index contributed by atoms with van der Waals surface area (Å²) in [4.78, 5) is 16.4. The van der Waals surface area contributed by atoms with Crippen LogP contribution in [0.25, 0.3) is 11.1 Å². The fraction of sp³-hybridized carbons (Fsp3) is 0.375. The van der Waals surface area contributed by atoms with Crippen LogP contribution in [0, 0.1) is 0 Å². The van der Waals surface area contributed by atoms with Gasteiger partial charge in [0.15, 0.2) is 0 Å². The van der Waals surface area contributed by atoms with E-state index < -0.39 is 36.4 Å². The van der Waals surface area contributed by atoms with Crippen molar-refractivity contribution in [3.8, 4) is 11.1 Å². The van der Waals surface area contributed by atoms with E-state index in [4.69, 9.17) is 4.74 Å². The van der Waals surface area contributed by atoms with Crippen LogP contribution in [-0.4, -0.2) is 34.7 Å². The number of carbonyl (C=O) groups is 1. The van der Waals surface area contributed by atoms with E-state index in [1.807, 2.05) is 43.4 Å². The van der Waals surface area contributed by atoms with Gasteiger partial charge in [0.1, 0.15) is 5.69 Å². The molecule has 0 spiro atoms. The molecule has 0 bridgehead atoms. The van der Waals surface area contributed by atoms with Gasteiger partial charge < -0.3 is 14.3 Å². The van der Waals surface area contributed by atoms with Crippen LogP contribution < -0.4 is 5.32 Å². The number of benzene rings is 1. The number of aliphatic hydroxyl groups excluding tert-OH is 1. The molecule has 7 nitrogen and oxygen atoms in total. The minimum Gasteiger partial charge on any atom is -0.419 e. The molecule has 0 atom stereocenters. The minimum atomic E-state index is -4.57. The predicted octanol–water partition coefficient (Wildman–Crippen LogP) is 5.84. The molecule has 202 valence electrons. The van der Waals surface area contributed by atoms with Gasteiger partial charge in [-0.1, -0.05) is 45.0 Å². The summed E-state index contributed by atoms with van der Waals surface area (Å²) in [7, 11) is 0. The number of anilines is 1. The highest BCUT2D eigenvalue weighted by Gasteiger charge is 2.36. The lowest BCUT2D eigenvalue weighted by atomic mass is 9.80. The van der Waals surface area contributed by atoms with Crippen LogP contribution in [0.1, 0.15) is 43.4 Å². The van der Waals surface area contributed by atoms with Crippen molar-refractivity contribution in [1.29, 1.82) is 0 Å². The SMILES string of the molecule is CC.CC1(c2ccc(-c3cnc(C(F)(F)F)cc3CO)cc2)COC1.O=CNc1ncc(C(F)(F)F)o1. The normalized spacial score (nSPS) is 14.3. The third-order valence-corrected chi connectivity index (χ3v) is 5.15. The van der Waals surface area contributed by atoms with E-state index in [1.54, 1.807) is 0 Å². The van der Waals surface area contributed by atoms with Crippen molar-refractivity contribution in [2.75, 3.05) is 18.5 Å². The fourth-order valence-electron chi connectivity index (χ4n) is 3.19. The minimum absolute atomic E-state index is 0.00324. The Kier molecular flexibility index (Phi) is 9.81. The first-order valence-electron chi connectivity index (χ1n) is 11.0. The summed E-state index contributed by atoms with van der Waals surface area (Å²) in [6.07, 6.45) is -7.27. The number of amides is 1. The first-order valence-corrected chi connectivity index (χ1v) is 11.0. The number of carbonyl (C=O) groups excluding carboxylic acids is 1. The van der Waals surface area contributed by atoms with Gasteiger partial charge in [0.25, 0.3) is 0 Å². The van der Waals surface area contributed by atoms with Crippen molar-refractivity contribution >= 4 is 12.4 Å². The number of aliphatic hydroxyl groups is 1. The maximum atomic E-state index is 12.7. The predicted molar refractivity (Wildman–Crippen MR) is 121 cm³/mol. The molecular formula is C24H25F6N3O4. The smallest absolute Gasteiger partial charge is 0.419 e. The molecule has 0 radical (unpaired) electrons. The highest BCUT2D eigenvalue weighted by Crippen LogP contribution is 2.35. The largest absolute Gasteiger partial charge is 0.451 e. The van der Waals surface area contributed by atoms with Crippen molar-refractivity contribution in [3.05, 3.63) is 65.3 Å². The number of aromatic nitrogens is 2. The number of oxazole rings is 1. The molecular weight excluding hydrogens is 508 g/mol. The van der Waals surface area contributed by atoms with Crippen LogP contribution >= 0.6 is 0 Å². The summed E-state index contributed by atoms with van der Waals surface area (Å²) in [6, 6.07) is 7.97. The van der Waals surface area contributed by atoms with Crippen molar-refractivity contribution in [1.82, 2.24) is 9.97 Å². The Morgan fingerprint density at radius 3 is 2.08 bits per heavy atom. The molecule has 3 aromatic rings. The first-order chi connectivity index (χ1) is 17.4. The Morgan fingerprint density at radius 2 is 1.65 bits per heavy atom. The molecule has 1 aliphatic rings. The second-order valence-electron chi connectivity index (χ2n) is 7.80. The van der Waals surface area contributed by atoms with Gasteiger partial charge >= 0.3 is 18.4 Å². The van der Waals surface area contributed by atoms with Gasteiger partial charge in [0, 0.05) is 17.2 Å². The fourth-order valence-corrected chi connectivity index (χ4v) is 3.19. The Bertz CT molecular complexity index is 1160. The lowest BCUT2D eigenvalue weighted by molar-refractivity contribution is -0.152. The van der Waals surface area contributed by atoms with Gasteiger partial charge in [0.05, 0.1) is 26.0 Å². The molecule has 37 heavy (non-hydrogen) atoms. The molecule has 1 aliphatic heterocycles. The topological polar surface area (TPSA) is 97.5 Å². The number of hydrogen-bond donors (Lipinski definition) is 2. The summed E-state index contributed by atoms with van der Waals surface area (Å²) in [5.41, 5.74) is 1.55. The number of halogens is 6. The number of rotatable bonds is 5. The van der Waals surface area contributed by atoms with E-state index in [1.165, 1.54) is 0 Å². The molecule has 0 unspecified atom stereocenters. The molecule has 3 heterocycles. The van der Waals surface area contributed by atoms with Gasteiger partial charge in [-0.3, -0.25) is 15.1 Å². The van der Waals surface area contributed by atoms with Gasteiger partial charge in [-0.05, 0) is 22.8 Å². The van der Waals surface area contributed by atoms with E-state index in [9.17, 15) is 36.2 Å². The van der Waals surface area contributed by atoms with Gasteiger partial charge in [-0.15, -0.1) is 0 Å². The molecule has 1 amide bonds. The molecule has 0 aliphatic carbocycles. The molecule has 13 heteroatoms.